The van der Waals surface area contributed by atoms with Crippen molar-refractivity contribution in [3.63, 3.8) is 0 Å². The lowest BCUT2D eigenvalue weighted by molar-refractivity contribution is 0.0699. The van der Waals surface area contributed by atoms with Crippen molar-refractivity contribution in [2.24, 2.45) is 5.92 Å². The van der Waals surface area contributed by atoms with E-state index in [4.69, 9.17) is 5.11 Å². The Morgan fingerprint density at radius 2 is 2.06 bits per heavy atom. The number of hydrogen-bond acceptors (Lipinski definition) is 1. The number of carboxylic acids is 1. The molecule has 0 saturated heterocycles. The van der Waals surface area contributed by atoms with Crippen molar-refractivity contribution in [2.75, 3.05) is 0 Å². The maximum Gasteiger partial charge on any atom is 0.336 e. The summed E-state index contributed by atoms with van der Waals surface area (Å²) in [5, 5.41) is 11.0. The molecule has 0 bridgehead atoms. The lowest BCUT2D eigenvalue weighted by Crippen LogP contribution is -1.98. The van der Waals surface area contributed by atoms with Gasteiger partial charge in [0.25, 0.3) is 0 Å². The third-order valence-corrected chi connectivity index (χ3v) is 3.40. The first kappa shape index (κ1) is 10.3. The molecular formula is C15H14O2. The number of aromatic carboxylic acids is 1. The van der Waals surface area contributed by atoms with Gasteiger partial charge in [-0.15, -0.1) is 0 Å². The third kappa shape index (κ3) is 2.03. The van der Waals surface area contributed by atoms with E-state index in [2.05, 4.69) is 6.07 Å². The topological polar surface area (TPSA) is 37.3 Å². The van der Waals surface area contributed by atoms with Crippen molar-refractivity contribution in [3.8, 4) is 0 Å². The van der Waals surface area contributed by atoms with Crippen LogP contribution in [0.1, 0.15) is 28.8 Å². The van der Waals surface area contributed by atoms with Crippen molar-refractivity contribution < 1.29 is 9.90 Å². The number of benzene rings is 2. The molecule has 2 heteroatoms. The number of carboxylic acid groups (broad SMARTS) is 1. The summed E-state index contributed by atoms with van der Waals surface area (Å²) in [6.45, 7) is 0. The Kier molecular flexibility index (Phi) is 2.36. The first-order chi connectivity index (χ1) is 8.24. The monoisotopic (exact) mass is 226 g/mol. The molecule has 0 unspecified atom stereocenters. The largest absolute Gasteiger partial charge is 0.478 e. The molecule has 3 rings (SSSR count). The predicted molar refractivity (Wildman–Crippen MR) is 67.3 cm³/mol. The van der Waals surface area contributed by atoms with Crippen LogP contribution >= 0.6 is 0 Å². The molecule has 2 aromatic carbocycles. The Hall–Kier alpha value is -1.83. The standard InChI is InChI=1S/C15H14O2/c16-15(17)13-3-1-2-12-7-6-11(9-14(12)13)8-10-4-5-10/h1-3,6-7,9-10H,4-5,8H2,(H,16,17). The highest BCUT2D eigenvalue weighted by Gasteiger charge is 2.21. The molecule has 86 valence electrons. The van der Waals surface area contributed by atoms with Gasteiger partial charge in [-0.25, -0.2) is 4.79 Å². The second-order valence-electron chi connectivity index (χ2n) is 4.81. The molecule has 2 nitrogen and oxygen atoms in total. The molecule has 0 radical (unpaired) electrons. The van der Waals surface area contributed by atoms with Crippen molar-refractivity contribution in [2.45, 2.75) is 19.3 Å². The van der Waals surface area contributed by atoms with Gasteiger partial charge < -0.3 is 5.11 Å². The van der Waals surface area contributed by atoms with Gasteiger partial charge in [-0.2, -0.15) is 0 Å². The van der Waals surface area contributed by atoms with Crippen LogP contribution in [0.15, 0.2) is 36.4 Å². The van der Waals surface area contributed by atoms with Gasteiger partial charge in [0.15, 0.2) is 0 Å². The van der Waals surface area contributed by atoms with Crippen LogP contribution in [-0.4, -0.2) is 11.1 Å². The van der Waals surface area contributed by atoms with Gasteiger partial charge in [-0.05, 0) is 47.6 Å². The summed E-state index contributed by atoms with van der Waals surface area (Å²) in [5.74, 6) is -0.0244. The summed E-state index contributed by atoms with van der Waals surface area (Å²) in [4.78, 5) is 11.2. The SMILES string of the molecule is O=C(O)c1cccc2ccc(CC3CC3)cc12. The van der Waals surface area contributed by atoms with E-state index in [0.717, 1.165) is 23.1 Å². The second-order valence-corrected chi connectivity index (χ2v) is 4.81. The van der Waals surface area contributed by atoms with E-state index in [1.807, 2.05) is 18.2 Å². The summed E-state index contributed by atoms with van der Waals surface area (Å²) in [6.07, 6.45) is 3.72. The van der Waals surface area contributed by atoms with Crippen molar-refractivity contribution in [3.05, 3.63) is 47.5 Å². The minimum absolute atomic E-state index is 0.403. The van der Waals surface area contributed by atoms with Crippen LogP contribution in [0.2, 0.25) is 0 Å². The molecule has 1 N–H and O–H groups in total. The van der Waals surface area contributed by atoms with E-state index in [1.165, 1.54) is 18.4 Å². The average Bonchev–Trinajstić information content (AvgIpc) is 3.12. The van der Waals surface area contributed by atoms with E-state index < -0.39 is 5.97 Å². The fourth-order valence-electron chi connectivity index (χ4n) is 2.29. The fourth-order valence-corrected chi connectivity index (χ4v) is 2.29. The van der Waals surface area contributed by atoms with E-state index in [9.17, 15) is 4.79 Å². The van der Waals surface area contributed by atoms with E-state index in [-0.39, 0.29) is 0 Å². The zero-order valence-corrected chi connectivity index (χ0v) is 9.52. The zero-order chi connectivity index (χ0) is 11.8. The zero-order valence-electron chi connectivity index (χ0n) is 9.52. The Morgan fingerprint density at radius 3 is 2.76 bits per heavy atom. The predicted octanol–water partition coefficient (Wildman–Crippen LogP) is 3.49. The molecule has 0 spiro atoms. The lowest BCUT2D eigenvalue weighted by atomic mass is 9.99. The molecule has 0 atom stereocenters. The Labute approximate surface area is 99.9 Å². The fraction of sp³-hybridized carbons (Fsp3) is 0.267. The number of rotatable bonds is 3. The van der Waals surface area contributed by atoms with E-state index in [0.29, 0.717) is 5.56 Å². The summed E-state index contributed by atoms with van der Waals surface area (Å²) in [5.41, 5.74) is 1.66. The van der Waals surface area contributed by atoms with Gasteiger partial charge >= 0.3 is 5.97 Å². The van der Waals surface area contributed by atoms with Gasteiger partial charge in [-0.3, -0.25) is 0 Å². The van der Waals surface area contributed by atoms with Gasteiger partial charge in [0, 0.05) is 0 Å². The molecule has 0 heterocycles. The summed E-state index contributed by atoms with van der Waals surface area (Å²) >= 11 is 0. The van der Waals surface area contributed by atoms with Crippen LogP contribution in [0.4, 0.5) is 0 Å². The number of hydrogen-bond donors (Lipinski definition) is 1. The van der Waals surface area contributed by atoms with Gasteiger partial charge in [0.05, 0.1) is 5.56 Å². The van der Waals surface area contributed by atoms with Crippen LogP contribution in [0.25, 0.3) is 10.8 Å². The van der Waals surface area contributed by atoms with Crippen LogP contribution in [0.3, 0.4) is 0 Å². The molecule has 0 aliphatic heterocycles. The quantitative estimate of drug-likeness (QED) is 0.869. The normalized spacial score (nSPS) is 15.1. The van der Waals surface area contributed by atoms with E-state index >= 15 is 0 Å². The van der Waals surface area contributed by atoms with Crippen LogP contribution in [0, 0.1) is 5.92 Å². The molecule has 17 heavy (non-hydrogen) atoms. The third-order valence-electron chi connectivity index (χ3n) is 3.40. The minimum atomic E-state index is -0.848. The van der Waals surface area contributed by atoms with Gasteiger partial charge in [-0.1, -0.05) is 30.3 Å². The van der Waals surface area contributed by atoms with E-state index in [1.54, 1.807) is 12.1 Å². The first-order valence-electron chi connectivity index (χ1n) is 5.99. The highest BCUT2D eigenvalue weighted by atomic mass is 16.4. The lowest BCUT2D eigenvalue weighted by Gasteiger charge is -2.05. The van der Waals surface area contributed by atoms with Gasteiger partial charge in [0.2, 0.25) is 0 Å². The van der Waals surface area contributed by atoms with Crippen LogP contribution in [0.5, 0.6) is 0 Å². The molecule has 1 fully saturated rings. The Bertz CT molecular complexity index is 582. The Morgan fingerprint density at radius 1 is 1.24 bits per heavy atom. The molecule has 0 aromatic heterocycles. The van der Waals surface area contributed by atoms with Crippen LogP contribution < -0.4 is 0 Å². The smallest absolute Gasteiger partial charge is 0.336 e. The minimum Gasteiger partial charge on any atom is -0.478 e. The summed E-state index contributed by atoms with van der Waals surface area (Å²) < 4.78 is 0. The van der Waals surface area contributed by atoms with Gasteiger partial charge in [0.1, 0.15) is 0 Å². The maximum absolute atomic E-state index is 11.2. The first-order valence-corrected chi connectivity index (χ1v) is 5.99. The van der Waals surface area contributed by atoms with Crippen molar-refractivity contribution >= 4 is 16.7 Å². The highest BCUT2D eigenvalue weighted by molar-refractivity contribution is 6.03. The summed E-state index contributed by atoms with van der Waals surface area (Å²) in [7, 11) is 0. The molecule has 1 saturated carbocycles. The van der Waals surface area contributed by atoms with Crippen molar-refractivity contribution in [1.82, 2.24) is 0 Å². The molecule has 0 amide bonds. The second kappa shape index (κ2) is 3.88. The Balaban J connectivity index is 2.11. The number of fused-ring (bicyclic) bond motifs is 1. The molecule has 1 aliphatic carbocycles. The highest BCUT2D eigenvalue weighted by Crippen LogP contribution is 2.33. The number of carbonyl (C=O) groups is 1. The van der Waals surface area contributed by atoms with Crippen molar-refractivity contribution in [1.29, 1.82) is 0 Å². The average molecular weight is 226 g/mol. The summed E-state index contributed by atoms with van der Waals surface area (Å²) in [6, 6.07) is 11.6. The molecular weight excluding hydrogens is 212 g/mol. The van der Waals surface area contributed by atoms with Crippen LogP contribution in [-0.2, 0) is 6.42 Å². The molecule has 2 aromatic rings. The maximum atomic E-state index is 11.2. The molecule has 1 aliphatic rings.